The van der Waals surface area contributed by atoms with Gasteiger partial charge in [-0.15, -0.1) is 0 Å². The van der Waals surface area contributed by atoms with Gasteiger partial charge in [0.25, 0.3) is 0 Å². The van der Waals surface area contributed by atoms with Gasteiger partial charge in [-0.1, -0.05) is 48.5 Å². The summed E-state index contributed by atoms with van der Waals surface area (Å²) in [6, 6.07) is 16.4. The highest BCUT2D eigenvalue weighted by Gasteiger charge is 2.41. The summed E-state index contributed by atoms with van der Waals surface area (Å²) >= 11 is 0. The van der Waals surface area contributed by atoms with Crippen molar-refractivity contribution in [2.75, 3.05) is 13.2 Å². The van der Waals surface area contributed by atoms with E-state index in [4.69, 9.17) is 14.6 Å². The molecule has 8 nitrogen and oxygen atoms in total. The maximum absolute atomic E-state index is 12.7. The zero-order valence-electron chi connectivity index (χ0n) is 19.5. The minimum absolute atomic E-state index is 0.0187. The van der Waals surface area contributed by atoms with Crippen molar-refractivity contribution in [3.8, 4) is 11.1 Å². The van der Waals surface area contributed by atoms with E-state index in [1.54, 1.807) is 0 Å². The fraction of sp³-hybridized carbons (Fsp3) is 0.444. The number of amides is 2. The van der Waals surface area contributed by atoms with Gasteiger partial charge in [0.1, 0.15) is 6.61 Å². The molecule has 184 valence electrons. The lowest BCUT2D eigenvalue weighted by molar-refractivity contribution is -0.149. The van der Waals surface area contributed by atoms with E-state index in [1.165, 1.54) is 11.1 Å². The monoisotopic (exact) mass is 478 g/mol. The molecule has 2 unspecified atom stereocenters. The SMILES string of the molecule is O=C(CC1(NC(=O)OCC2c3ccccc3-c3ccccc32)CCC1)NCC1CCC(C(=O)O)O1. The summed E-state index contributed by atoms with van der Waals surface area (Å²) in [4.78, 5) is 36.3. The van der Waals surface area contributed by atoms with Crippen LogP contribution in [-0.2, 0) is 19.1 Å². The molecule has 2 fully saturated rings. The molecular weight excluding hydrogens is 448 g/mol. The van der Waals surface area contributed by atoms with E-state index in [2.05, 4.69) is 34.9 Å². The summed E-state index contributed by atoms with van der Waals surface area (Å²) < 4.78 is 11.1. The van der Waals surface area contributed by atoms with Crippen molar-refractivity contribution >= 4 is 18.0 Å². The van der Waals surface area contributed by atoms with Crippen LogP contribution in [0.2, 0.25) is 0 Å². The molecule has 2 atom stereocenters. The number of ether oxygens (including phenoxy) is 2. The highest BCUT2D eigenvalue weighted by atomic mass is 16.5. The van der Waals surface area contributed by atoms with Crippen molar-refractivity contribution in [2.24, 2.45) is 0 Å². The molecule has 5 rings (SSSR count). The smallest absolute Gasteiger partial charge is 0.407 e. The second-order valence-electron chi connectivity index (χ2n) is 9.73. The van der Waals surface area contributed by atoms with Crippen molar-refractivity contribution in [1.82, 2.24) is 10.6 Å². The van der Waals surface area contributed by atoms with Crippen LogP contribution in [0, 0.1) is 0 Å². The molecule has 0 aromatic heterocycles. The van der Waals surface area contributed by atoms with Gasteiger partial charge in [-0.05, 0) is 54.4 Å². The number of alkyl carbamates (subject to hydrolysis) is 1. The first-order chi connectivity index (χ1) is 16.9. The van der Waals surface area contributed by atoms with E-state index in [0.29, 0.717) is 25.7 Å². The summed E-state index contributed by atoms with van der Waals surface area (Å²) in [7, 11) is 0. The van der Waals surface area contributed by atoms with Crippen LogP contribution >= 0.6 is 0 Å². The second-order valence-corrected chi connectivity index (χ2v) is 9.73. The molecule has 2 aromatic rings. The number of aliphatic carboxylic acids is 1. The van der Waals surface area contributed by atoms with Crippen LogP contribution in [0.25, 0.3) is 11.1 Å². The highest BCUT2D eigenvalue weighted by Crippen LogP contribution is 2.44. The van der Waals surface area contributed by atoms with Gasteiger partial charge >= 0.3 is 12.1 Å². The van der Waals surface area contributed by atoms with Gasteiger partial charge in [-0.2, -0.15) is 0 Å². The number of benzene rings is 2. The Balaban J connectivity index is 1.13. The first-order valence-electron chi connectivity index (χ1n) is 12.2. The summed E-state index contributed by atoms with van der Waals surface area (Å²) in [6.45, 7) is 0.496. The molecule has 1 heterocycles. The van der Waals surface area contributed by atoms with Crippen LogP contribution < -0.4 is 10.6 Å². The van der Waals surface area contributed by atoms with Gasteiger partial charge in [-0.25, -0.2) is 9.59 Å². The van der Waals surface area contributed by atoms with Gasteiger partial charge in [0.2, 0.25) is 5.91 Å². The zero-order chi connectivity index (χ0) is 24.4. The largest absolute Gasteiger partial charge is 0.479 e. The van der Waals surface area contributed by atoms with E-state index >= 15 is 0 Å². The molecule has 0 spiro atoms. The Morgan fingerprint density at radius 2 is 1.66 bits per heavy atom. The molecule has 1 saturated heterocycles. The Morgan fingerprint density at radius 1 is 1.00 bits per heavy atom. The fourth-order valence-electron chi connectivity index (χ4n) is 5.44. The van der Waals surface area contributed by atoms with Gasteiger partial charge in [-0.3, -0.25) is 4.79 Å². The van der Waals surface area contributed by atoms with Crippen molar-refractivity contribution < 1.29 is 29.0 Å². The first kappa shape index (κ1) is 23.4. The first-order valence-corrected chi connectivity index (χ1v) is 12.2. The molecule has 35 heavy (non-hydrogen) atoms. The number of fused-ring (bicyclic) bond motifs is 3. The minimum atomic E-state index is -0.973. The molecule has 2 amide bonds. The Kier molecular flexibility index (Phi) is 6.47. The lowest BCUT2D eigenvalue weighted by Crippen LogP contribution is -2.56. The van der Waals surface area contributed by atoms with Crippen molar-refractivity contribution in [2.45, 2.75) is 62.2 Å². The molecule has 2 aromatic carbocycles. The molecule has 3 aliphatic rings. The predicted molar refractivity (Wildman–Crippen MR) is 128 cm³/mol. The minimum Gasteiger partial charge on any atom is -0.479 e. The van der Waals surface area contributed by atoms with Crippen LogP contribution in [-0.4, -0.2) is 54.0 Å². The molecule has 1 saturated carbocycles. The number of carbonyl (C=O) groups excluding carboxylic acids is 2. The molecule has 3 N–H and O–H groups in total. The van der Waals surface area contributed by atoms with Crippen molar-refractivity contribution in [3.63, 3.8) is 0 Å². The van der Waals surface area contributed by atoms with Crippen LogP contribution in [0.3, 0.4) is 0 Å². The molecule has 2 aliphatic carbocycles. The number of nitrogens with one attached hydrogen (secondary N) is 2. The van der Waals surface area contributed by atoms with Crippen molar-refractivity contribution in [1.29, 1.82) is 0 Å². The average molecular weight is 479 g/mol. The number of carboxylic acid groups (broad SMARTS) is 1. The van der Waals surface area contributed by atoms with E-state index in [-0.39, 0.29) is 37.5 Å². The number of hydrogen-bond acceptors (Lipinski definition) is 5. The number of carbonyl (C=O) groups is 3. The Labute approximate surface area is 204 Å². The molecule has 1 aliphatic heterocycles. The Bertz CT molecular complexity index is 1080. The maximum atomic E-state index is 12.7. The predicted octanol–water partition coefficient (Wildman–Crippen LogP) is 3.59. The third kappa shape index (κ3) is 4.89. The highest BCUT2D eigenvalue weighted by molar-refractivity contribution is 5.80. The Morgan fingerprint density at radius 3 is 2.23 bits per heavy atom. The molecule has 0 radical (unpaired) electrons. The van der Waals surface area contributed by atoms with E-state index in [0.717, 1.165) is 17.5 Å². The average Bonchev–Trinajstić information content (AvgIpc) is 3.43. The van der Waals surface area contributed by atoms with Gasteiger partial charge < -0.3 is 25.2 Å². The topological polar surface area (TPSA) is 114 Å². The van der Waals surface area contributed by atoms with E-state index in [9.17, 15) is 14.4 Å². The van der Waals surface area contributed by atoms with Crippen LogP contribution in [0.1, 0.15) is 55.6 Å². The summed E-state index contributed by atoms with van der Waals surface area (Å²) in [5.74, 6) is -1.18. The second kappa shape index (κ2) is 9.70. The number of rotatable bonds is 8. The standard InChI is InChI=1S/C27H30N2O6/c30-24(28-15-17-10-11-23(35-17)25(31)32)14-27(12-5-13-27)29-26(33)34-16-22-20-8-3-1-6-18(20)19-7-2-4-9-21(19)22/h1-4,6-9,17,22-23H,5,10-16H2,(H,28,30)(H,29,33)(H,31,32). The zero-order valence-corrected chi connectivity index (χ0v) is 19.5. The van der Waals surface area contributed by atoms with Crippen LogP contribution in [0.15, 0.2) is 48.5 Å². The van der Waals surface area contributed by atoms with Gasteiger partial charge in [0.05, 0.1) is 11.6 Å². The van der Waals surface area contributed by atoms with Gasteiger partial charge in [0.15, 0.2) is 6.10 Å². The van der Waals surface area contributed by atoms with Crippen molar-refractivity contribution in [3.05, 3.63) is 59.7 Å². The maximum Gasteiger partial charge on any atom is 0.407 e. The fourth-order valence-corrected chi connectivity index (χ4v) is 5.44. The summed E-state index contributed by atoms with van der Waals surface area (Å²) in [5, 5.41) is 14.8. The summed E-state index contributed by atoms with van der Waals surface area (Å²) in [5.41, 5.74) is 4.04. The molecule has 0 bridgehead atoms. The molecular formula is C27H30N2O6. The Hall–Kier alpha value is -3.39. The van der Waals surface area contributed by atoms with E-state index < -0.39 is 23.7 Å². The van der Waals surface area contributed by atoms with Crippen LogP contribution in [0.5, 0.6) is 0 Å². The van der Waals surface area contributed by atoms with Gasteiger partial charge in [0, 0.05) is 18.9 Å². The number of hydrogen-bond donors (Lipinski definition) is 3. The third-order valence-corrected chi connectivity index (χ3v) is 7.43. The number of carboxylic acids is 1. The molecule has 8 heteroatoms. The van der Waals surface area contributed by atoms with Crippen LogP contribution in [0.4, 0.5) is 4.79 Å². The lowest BCUT2D eigenvalue weighted by atomic mass is 9.74. The lowest BCUT2D eigenvalue weighted by Gasteiger charge is -2.41. The normalized spacial score (nSPS) is 21.9. The third-order valence-electron chi connectivity index (χ3n) is 7.43. The summed E-state index contributed by atoms with van der Waals surface area (Å²) in [6.07, 6.45) is 1.95. The van der Waals surface area contributed by atoms with E-state index in [1.807, 2.05) is 24.3 Å². The quantitative estimate of drug-likeness (QED) is 0.534.